The summed E-state index contributed by atoms with van der Waals surface area (Å²) in [6.45, 7) is -0.939. The summed E-state index contributed by atoms with van der Waals surface area (Å²) in [7, 11) is 0. The van der Waals surface area contributed by atoms with Gasteiger partial charge in [-0.15, -0.1) is 12.4 Å². The van der Waals surface area contributed by atoms with E-state index in [0.717, 1.165) is 22.9 Å². The highest BCUT2D eigenvalue weighted by Crippen LogP contribution is 2.18. The van der Waals surface area contributed by atoms with Crippen LogP contribution in [0.2, 0.25) is 0 Å². The number of nitrogens with zero attached hydrogens (tertiary/aromatic N) is 2. The molecule has 1 aromatic heterocycles. The van der Waals surface area contributed by atoms with Crippen molar-refractivity contribution in [3.8, 4) is 0 Å². The van der Waals surface area contributed by atoms with Crippen LogP contribution in [0.15, 0.2) is 30.5 Å². The van der Waals surface area contributed by atoms with Crippen molar-refractivity contribution in [3.05, 3.63) is 53.4 Å². The van der Waals surface area contributed by atoms with Crippen molar-refractivity contribution in [1.29, 1.82) is 0 Å². The summed E-state index contributed by atoms with van der Waals surface area (Å²) in [6.07, 6.45) is -3.09. The summed E-state index contributed by atoms with van der Waals surface area (Å²) in [5, 5.41) is 6.42. The monoisotopic (exact) mass is 341 g/mol. The van der Waals surface area contributed by atoms with Gasteiger partial charge < -0.3 is 5.32 Å². The van der Waals surface area contributed by atoms with E-state index < -0.39 is 24.4 Å². The molecule has 0 bridgehead atoms. The molecule has 0 aliphatic heterocycles. The van der Waals surface area contributed by atoms with Crippen LogP contribution >= 0.6 is 12.4 Å². The Morgan fingerprint density at radius 1 is 1.05 bits per heavy atom. The van der Waals surface area contributed by atoms with Gasteiger partial charge in [-0.2, -0.15) is 18.3 Å². The average Bonchev–Trinajstić information content (AvgIpc) is 2.73. The second-order valence-electron chi connectivity index (χ2n) is 4.48. The third-order valence-electron chi connectivity index (χ3n) is 2.69. The largest absolute Gasteiger partial charge is 0.408 e. The Labute approximate surface area is 129 Å². The van der Waals surface area contributed by atoms with Crippen LogP contribution in [0.4, 0.5) is 22.0 Å². The number of aromatic nitrogens is 2. The van der Waals surface area contributed by atoms with E-state index in [2.05, 4.69) is 10.4 Å². The van der Waals surface area contributed by atoms with Gasteiger partial charge in [0.2, 0.25) is 0 Å². The van der Waals surface area contributed by atoms with Crippen LogP contribution in [0.25, 0.3) is 0 Å². The molecular weight excluding hydrogens is 329 g/mol. The van der Waals surface area contributed by atoms with Crippen LogP contribution < -0.4 is 5.32 Å². The van der Waals surface area contributed by atoms with Crippen molar-refractivity contribution >= 4 is 12.4 Å². The fourth-order valence-corrected chi connectivity index (χ4v) is 1.87. The first kappa shape index (κ1) is 18.4. The molecule has 0 aliphatic carbocycles. The number of hydrogen-bond donors (Lipinski definition) is 1. The molecule has 122 valence electrons. The number of hydrogen-bond acceptors (Lipinski definition) is 2. The molecule has 0 spiro atoms. The first-order chi connectivity index (χ1) is 9.83. The highest BCUT2D eigenvalue weighted by atomic mass is 35.5. The summed E-state index contributed by atoms with van der Waals surface area (Å²) in [5.41, 5.74) is 0.707. The molecular formula is C13H13ClF5N3. The lowest BCUT2D eigenvalue weighted by atomic mass is 10.2. The molecule has 2 rings (SSSR count). The number of alkyl halides is 3. The minimum Gasteiger partial charge on any atom is -0.307 e. The molecule has 0 amide bonds. The summed E-state index contributed by atoms with van der Waals surface area (Å²) in [5.74, 6) is -1.40. The van der Waals surface area contributed by atoms with Crippen LogP contribution in [0, 0.1) is 11.6 Å². The van der Waals surface area contributed by atoms with E-state index in [1.807, 2.05) is 0 Å². The topological polar surface area (TPSA) is 29.9 Å². The lowest BCUT2D eigenvalue weighted by molar-refractivity contribution is -0.143. The lowest BCUT2D eigenvalue weighted by Crippen LogP contribution is -2.23. The Hall–Kier alpha value is -1.67. The molecule has 0 aliphatic rings. The second-order valence-corrected chi connectivity index (χ2v) is 4.48. The fourth-order valence-electron chi connectivity index (χ4n) is 1.87. The zero-order valence-electron chi connectivity index (χ0n) is 11.2. The molecule has 1 aromatic carbocycles. The average molecular weight is 342 g/mol. The summed E-state index contributed by atoms with van der Waals surface area (Å²) in [6, 6.07) is 4.51. The summed E-state index contributed by atoms with van der Waals surface area (Å²) in [4.78, 5) is 0. The molecule has 0 atom stereocenters. The van der Waals surface area contributed by atoms with Gasteiger partial charge in [0.05, 0.1) is 5.69 Å². The van der Waals surface area contributed by atoms with Crippen molar-refractivity contribution in [2.75, 3.05) is 0 Å². The van der Waals surface area contributed by atoms with Crippen molar-refractivity contribution in [2.45, 2.75) is 25.8 Å². The van der Waals surface area contributed by atoms with Crippen LogP contribution in [0.5, 0.6) is 0 Å². The predicted molar refractivity (Wildman–Crippen MR) is 72.4 cm³/mol. The Morgan fingerprint density at radius 3 is 2.27 bits per heavy atom. The van der Waals surface area contributed by atoms with Gasteiger partial charge in [-0.3, -0.25) is 4.68 Å². The minimum absolute atomic E-state index is 0. The third kappa shape index (κ3) is 5.61. The molecule has 0 saturated heterocycles. The smallest absolute Gasteiger partial charge is 0.307 e. The first-order valence-corrected chi connectivity index (χ1v) is 6.06. The highest BCUT2D eigenvalue weighted by Gasteiger charge is 2.29. The zero-order chi connectivity index (χ0) is 15.5. The van der Waals surface area contributed by atoms with E-state index in [1.54, 1.807) is 0 Å². The Balaban J connectivity index is 0.00000242. The second kappa shape index (κ2) is 7.55. The third-order valence-corrected chi connectivity index (χ3v) is 2.69. The number of benzene rings is 1. The first-order valence-electron chi connectivity index (χ1n) is 6.06. The SMILES string of the molecule is Cl.Fc1cc(F)cc(CNCc2ccnn2CC(F)(F)F)c1. The van der Waals surface area contributed by atoms with Crippen molar-refractivity contribution in [2.24, 2.45) is 0 Å². The zero-order valence-corrected chi connectivity index (χ0v) is 12.0. The van der Waals surface area contributed by atoms with E-state index >= 15 is 0 Å². The van der Waals surface area contributed by atoms with Gasteiger partial charge in [-0.05, 0) is 23.8 Å². The van der Waals surface area contributed by atoms with Crippen LogP contribution in [0.3, 0.4) is 0 Å². The summed E-state index contributed by atoms with van der Waals surface area (Å²) >= 11 is 0. The normalized spacial score (nSPS) is 11.3. The molecule has 1 N–H and O–H groups in total. The predicted octanol–water partition coefficient (Wildman–Crippen LogP) is 3.44. The van der Waals surface area contributed by atoms with E-state index in [9.17, 15) is 22.0 Å². The van der Waals surface area contributed by atoms with Gasteiger partial charge in [0.15, 0.2) is 0 Å². The van der Waals surface area contributed by atoms with E-state index in [0.29, 0.717) is 11.3 Å². The van der Waals surface area contributed by atoms with Crippen molar-refractivity contribution in [1.82, 2.24) is 15.1 Å². The van der Waals surface area contributed by atoms with Gasteiger partial charge in [0.25, 0.3) is 0 Å². The number of halogens is 6. The van der Waals surface area contributed by atoms with Crippen LogP contribution in [-0.2, 0) is 19.6 Å². The molecule has 2 aromatic rings. The standard InChI is InChI=1S/C13H12F5N3.ClH/c14-10-3-9(4-11(15)5-10)6-19-7-12-1-2-20-21(12)8-13(16,17)18;/h1-5,19H,6-8H2;1H. The van der Waals surface area contributed by atoms with Gasteiger partial charge in [-0.1, -0.05) is 0 Å². The van der Waals surface area contributed by atoms with Gasteiger partial charge >= 0.3 is 6.18 Å². The maximum absolute atomic E-state index is 13.0. The molecule has 0 radical (unpaired) electrons. The summed E-state index contributed by atoms with van der Waals surface area (Å²) < 4.78 is 63.7. The van der Waals surface area contributed by atoms with Crippen molar-refractivity contribution < 1.29 is 22.0 Å². The molecule has 0 saturated carbocycles. The molecule has 22 heavy (non-hydrogen) atoms. The van der Waals surface area contributed by atoms with E-state index in [-0.39, 0.29) is 25.5 Å². The van der Waals surface area contributed by atoms with Gasteiger partial charge in [0.1, 0.15) is 18.2 Å². The Morgan fingerprint density at radius 2 is 1.68 bits per heavy atom. The maximum Gasteiger partial charge on any atom is 0.408 e. The van der Waals surface area contributed by atoms with E-state index in [1.165, 1.54) is 12.3 Å². The molecule has 0 fully saturated rings. The van der Waals surface area contributed by atoms with Crippen LogP contribution in [0.1, 0.15) is 11.3 Å². The molecule has 3 nitrogen and oxygen atoms in total. The Kier molecular flexibility index (Phi) is 6.31. The molecule has 1 heterocycles. The quantitative estimate of drug-likeness (QED) is 0.844. The highest BCUT2D eigenvalue weighted by molar-refractivity contribution is 5.85. The number of rotatable bonds is 5. The number of nitrogens with one attached hydrogen (secondary N) is 1. The van der Waals surface area contributed by atoms with Crippen molar-refractivity contribution in [3.63, 3.8) is 0 Å². The molecule has 9 heteroatoms. The minimum atomic E-state index is -4.35. The van der Waals surface area contributed by atoms with E-state index in [4.69, 9.17) is 0 Å². The van der Waals surface area contributed by atoms with Gasteiger partial charge in [-0.25, -0.2) is 8.78 Å². The van der Waals surface area contributed by atoms with Gasteiger partial charge in [0, 0.05) is 25.4 Å². The molecule has 0 unspecified atom stereocenters. The lowest BCUT2D eigenvalue weighted by Gasteiger charge is -2.11. The maximum atomic E-state index is 13.0. The van der Waals surface area contributed by atoms with Crippen LogP contribution in [-0.4, -0.2) is 16.0 Å². The Bertz CT molecular complexity index is 592. The fraction of sp³-hybridized carbons (Fsp3) is 0.308.